The molecule has 0 saturated heterocycles. The fourth-order valence-electron chi connectivity index (χ4n) is 3.74. The van der Waals surface area contributed by atoms with Crippen molar-refractivity contribution in [3.05, 3.63) is 95.1 Å². The van der Waals surface area contributed by atoms with Gasteiger partial charge in [-0.15, -0.1) is 0 Å². The van der Waals surface area contributed by atoms with Crippen LogP contribution in [0.3, 0.4) is 0 Å². The lowest BCUT2D eigenvalue weighted by Crippen LogP contribution is -2.39. The van der Waals surface area contributed by atoms with E-state index in [4.69, 9.17) is 21.0 Å². The van der Waals surface area contributed by atoms with Crippen molar-refractivity contribution >= 4 is 41.1 Å². The Bertz CT molecular complexity index is 1470. The lowest BCUT2D eigenvalue weighted by molar-refractivity contribution is -0.148. The van der Waals surface area contributed by atoms with E-state index < -0.39 is 36.1 Å². The lowest BCUT2D eigenvalue weighted by atomic mass is 10.0. The van der Waals surface area contributed by atoms with Gasteiger partial charge in [-0.05, 0) is 42.8 Å². The van der Waals surface area contributed by atoms with E-state index in [1.54, 1.807) is 42.5 Å². The summed E-state index contributed by atoms with van der Waals surface area (Å²) >= 11 is 0. The van der Waals surface area contributed by atoms with Crippen molar-refractivity contribution in [3.63, 3.8) is 0 Å². The third kappa shape index (κ3) is 9.03. The van der Waals surface area contributed by atoms with Gasteiger partial charge in [-0.3, -0.25) is 24.6 Å². The zero-order chi connectivity index (χ0) is 29.9. The Morgan fingerprint density at radius 3 is 2.22 bits per heavy atom. The fraction of sp³-hybridized carbons (Fsp3) is 0.172. The number of benzene rings is 3. The first-order chi connectivity index (χ1) is 19.5. The van der Waals surface area contributed by atoms with Gasteiger partial charge in [0.15, 0.2) is 0 Å². The number of rotatable bonds is 14. The molecule has 3 rings (SSSR count). The molecule has 3 aromatic rings. The molecule has 0 heterocycles. The summed E-state index contributed by atoms with van der Waals surface area (Å²) in [7, 11) is 0. The maximum Gasteiger partial charge on any atom is 0.372 e. The van der Waals surface area contributed by atoms with E-state index in [-0.39, 0.29) is 53.6 Å². The summed E-state index contributed by atoms with van der Waals surface area (Å²) in [6, 6.07) is 18.1. The third-order valence-electron chi connectivity index (χ3n) is 5.87. The van der Waals surface area contributed by atoms with Gasteiger partial charge in [-0.1, -0.05) is 36.4 Å². The molecule has 0 aromatic heterocycles. The third-order valence-corrected chi connectivity index (χ3v) is 5.87. The minimum atomic E-state index is -1.62. The van der Waals surface area contributed by atoms with E-state index in [0.29, 0.717) is 11.3 Å². The van der Waals surface area contributed by atoms with Gasteiger partial charge in [-0.25, -0.2) is 4.79 Å². The van der Waals surface area contributed by atoms with Crippen molar-refractivity contribution in [1.82, 2.24) is 5.32 Å². The largest absolute Gasteiger partial charge is 0.491 e. The quantitative estimate of drug-likeness (QED) is 0.0970. The van der Waals surface area contributed by atoms with E-state index in [9.17, 15) is 29.1 Å². The van der Waals surface area contributed by atoms with Crippen LogP contribution in [0.1, 0.15) is 44.7 Å². The van der Waals surface area contributed by atoms with Crippen molar-refractivity contribution < 1.29 is 38.9 Å². The van der Waals surface area contributed by atoms with Crippen molar-refractivity contribution in [3.8, 4) is 5.75 Å². The van der Waals surface area contributed by atoms with Crippen LogP contribution in [0, 0.1) is 5.41 Å². The van der Waals surface area contributed by atoms with Crippen LogP contribution in [0.25, 0.3) is 0 Å². The number of carboxylic acids is 2. The molecule has 3 aromatic carbocycles. The number of ketones is 1. The molecule has 0 bridgehead atoms. The number of anilines is 1. The van der Waals surface area contributed by atoms with Gasteiger partial charge in [0.05, 0.1) is 6.04 Å². The second-order valence-corrected chi connectivity index (χ2v) is 8.96. The van der Waals surface area contributed by atoms with Gasteiger partial charge in [0, 0.05) is 40.8 Å². The molecule has 41 heavy (non-hydrogen) atoms. The Morgan fingerprint density at radius 2 is 1.56 bits per heavy atom. The summed E-state index contributed by atoms with van der Waals surface area (Å²) < 4.78 is 5.80. The molecule has 0 saturated carbocycles. The molecular weight excluding hydrogens is 532 g/mol. The number of amides is 2. The van der Waals surface area contributed by atoms with E-state index in [1.807, 2.05) is 0 Å². The standard InChI is InChI=1S/C29H28N4O8/c30-26(31)19-10-9-18(14-23(34)29(39)40)24(15-19)41-16-22(11-12-25(35)36)33-28(38)20-7-4-8-21(13-20)32-27(37)17-5-2-1-3-6-17/h1-10,13,15,22H,11-12,14,16H2,(H3,30,31)(H,32,37)(H,33,38)(H,35,36)(H,39,40). The number of hydrogen-bond donors (Lipinski definition) is 6. The molecule has 12 heteroatoms. The Morgan fingerprint density at radius 1 is 0.854 bits per heavy atom. The van der Waals surface area contributed by atoms with Gasteiger partial charge in [0.1, 0.15) is 18.2 Å². The van der Waals surface area contributed by atoms with Crippen LogP contribution in [-0.4, -0.2) is 58.2 Å². The molecule has 0 fully saturated rings. The molecule has 1 atom stereocenters. The highest BCUT2D eigenvalue weighted by Crippen LogP contribution is 2.22. The number of nitrogens with one attached hydrogen (secondary N) is 3. The molecule has 12 nitrogen and oxygen atoms in total. The number of nitrogens with two attached hydrogens (primary N) is 1. The van der Waals surface area contributed by atoms with Gasteiger partial charge in [0.2, 0.25) is 5.78 Å². The van der Waals surface area contributed by atoms with Crippen molar-refractivity contribution in [2.45, 2.75) is 25.3 Å². The van der Waals surface area contributed by atoms with Gasteiger partial charge in [-0.2, -0.15) is 0 Å². The van der Waals surface area contributed by atoms with Crippen LogP contribution >= 0.6 is 0 Å². The summed E-state index contributed by atoms with van der Waals surface area (Å²) in [6.07, 6.45) is -0.795. The SMILES string of the molecule is N=C(N)c1ccc(CC(=O)C(=O)O)c(OCC(CCC(=O)O)NC(=O)c2cccc(NC(=O)c3ccccc3)c2)c1. The minimum Gasteiger partial charge on any atom is -0.491 e. The summed E-state index contributed by atoms with van der Waals surface area (Å²) in [6.45, 7) is -0.237. The maximum absolute atomic E-state index is 13.1. The number of nitrogen functional groups attached to an aromatic ring is 1. The topological polar surface area (TPSA) is 209 Å². The second kappa shape index (κ2) is 14.0. The summed E-state index contributed by atoms with van der Waals surface area (Å²) in [5, 5.41) is 31.3. The number of amidine groups is 1. The number of carbonyl (C=O) groups excluding carboxylic acids is 3. The first-order valence-electron chi connectivity index (χ1n) is 12.4. The van der Waals surface area contributed by atoms with Crippen LogP contribution in [0.5, 0.6) is 5.75 Å². The number of Topliss-reactive ketones (excluding diaryl/α,β-unsaturated/α-hetero) is 1. The Balaban J connectivity index is 1.76. The number of ether oxygens (including phenoxy) is 1. The molecule has 0 aliphatic heterocycles. The predicted molar refractivity (Wildman–Crippen MR) is 148 cm³/mol. The van der Waals surface area contributed by atoms with Crippen LogP contribution in [0.15, 0.2) is 72.8 Å². The lowest BCUT2D eigenvalue weighted by Gasteiger charge is -2.20. The zero-order valence-electron chi connectivity index (χ0n) is 21.8. The van der Waals surface area contributed by atoms with Crippen molar-refractivity contribution in [1.29, 1.82) is 5.41 Å². The van der Waals surface area contributed by atoms with E-state index in [1.165, 1.54) is 30.3 Å². The smallest absolute Gasteiger partial charge is 0.372 e. The van der Waals surface area contributed by atoms with Gasteiger partial charge < -0.3 is 31.3 Å². The maximum atomic E-state index is 13.1. The molecular formula is C29H28N4O8. The molecule has 0 spiro atoms. The normalized spacial score (nSPS) is 11.1. The van der Waals surface area contributed by atoms with Crippen LogP contribution in [0.4, 0.5) is 5.69 Å². The fourth-order valence-corrected chi connectivity index (χ4v) is 3.74. The first kappa shape index (κ1) is 30.0. The van der Waals surface area contributed by atoms with Crippen LogP contribution in [0.2, 0.25) is 0 Å². The predicted octanol–water partition coefficient (Wildman–Crippen LogP) is 2.46. The highest BCUT2D eigenvalue weighted by Gasteiger charge is 2.20. The molecule has 0 radical (unpaired) electrons. The van der Waals surface area contributed by atoms with E-state index in [2.05, 4.69) is 10.6 Å². The molecule has 0 aliphatic rings. The number of carbonyl (C=O) groups is 5. The van der Waals surface area contributed by atoms with E-state index >= 15 is 0 Å². The number of hydrogen-bond acceptors (Lipinski definition) is 7. The van der Waals surface area contributed by atoms with Crippen LogP contribution < -0.4 is 21.1 Å². The Kier molecular flexibility index (Phi) is 10.3. The van der Waals surface area contributed by atoms with Gasteiger partial charge >= 0.3 is 11.9 Å². The molecule has 0 aliphatic carbocycles. The highest BCUT2D eigenvalue weighted by molar-refractivity contribution is 6.33. The molecule has 1 unspecified atom stereocenters. The first-order valence-corrected chi connectivity index (χ1v) is 12.4. The summed E-state index contributed by atoms with van der Waals surface area (Å²) in [4.78, 5) is 59.6. The van der Waals surface area contributed by atoms with E-state index in [0.717, 1.165) is 0 Å². The second-order valence-electron chi connectivity index (χ2n) is 8.96. The summed E-state index contributed by atoms with van der Waals surface area (Å²) in [5.41, 5.74) is 7.02. The number of aliphatic carboxylic acids is 2. The van der Waals surface area contributed by atoms with Crippen molar-refractivity contribution in [2.24, 2.45) is 5.73 Å². The summed E-state index contributed by atoms with van der Waals surface area (Å²) in [5.74, 6) is -4.95. The molecule has 7 N–H and O–H groups in total. The highest BCUT2D eigenvalue weighted by atomic mass is 16.5. The average molecular weight is 561 g/mol. The molecule has 2 amide bonds. The van der Waals surface area contributed by atoms with Gasteiger partial charge in [0.25, 0.3) is 11.8 Å². The Labute approximate surface area is 234 Å². The molecule has 212 valence electrons. The number of carboxylic acid groups (broad SMARTS) is 2. The van der Waals surface area contributed by atoms with Crippen molar-refractivity contribution in [2.75, 3.05) is 11.9 Å². The average Bonchev–Trinajstić information content (AvgIpc) is 2.95. The Hall–Kier alpha value is -5.52. The minimum absolute atomic E-state index is 0.0126. The van der Waals surface area contributed by atoms with Crippen LogP contribution in [-0.2, 0) is 20.8 Å². The zero-order valence-corrected chi connectivity index (χ0v) is 21.8. The monoisotopic (exact) mass is 560 g/mol.